The molecule has 0 spiro atoms. The van der Waals surface area contributed by atoms with Crippen LogP contribution in [0.4, 0.5) is 0 Å². The molecule has 1 aliphatic rings. The van der Waals surface area contributed by atoms with Crippen LogP contribution in [0, 0.1) is 0 Å². The van der Waals surface area contributed by atoms with Gasteiger partial charge in [-0.15, -0.1) is 12.4 Å². The minimum absolute atomic E-state index is 0. The lowest BCUT2D eigenvalue weighted by Gasteiger charge is -2.22. The molecule has 1 aromatic carbocycles. The molecule has 1 unspecified atom stereocenters. The average Bonchev–Trinajstić information content (AvgIpc) is 2.55. The molecule has 0 radical (unpaired) electrons. The van der Waals surface area contributed by atoms with Gasteiger partial charge in [0, 0.05) is 12.0 Å². The summed E-state index contributed by atoms with van der Waals surface area (Å²) in [6.45, 7) is 4.62. The topological polar surface area (TPSA) is 12.0 Å². The molecule has 1 fully saturated rings. The molecule has 1 heterocycles. The molecule has 0 amide bonds. The Morgan fingerprint density at radius 3 is 2.46 bits per heavy atom. The van der Waals surface area contributed by atoms with Gasteiger partial charge < -0.3 is 5.32 Å². The number of halogens is 1. The van der Waals surface area contributed by atoms with Gasteiger partial charge in [-0.3, -0.25) is 0 Å². The molecule has 1 nitrogen and oxygen atoms in total. The number of hydrogen-bond acceptors (Lipinski definition) is 1. The highest BCUT2D eigenvalue weighted by Crippen LogP contribution is 2.29. The zero-order chi connectivity index (χ0) is 8.44. The molecule has 13 heavy (non-hydrogen) atoms. The fourth-order valence-electron chi connectivity index (χ4n) is 1.90. The van der Waals surface area contributed by atoms with Gasteiger partial charge in [0.25, 0.3) is 0 Å². The first kappa shape index (κ1) is 10.6. The van der Waals surface area contributed by atoms with Crippen molar-refractivity contribution in [3.8, 4) is 0 Å². The highest BCUT2D eigenvalue weighted by Gasteiger charge is 2.29. The Morgan fingerprint density at radius 2 is 1.92 bits per heavy atom. The average molecular weight is 198 g/mol. The third-order valence-corrected chi connectivity index (χ3v) is 2.84. The molecule has 0 aliphatic carbocycles. The molecule has 1 aliphatic heterocycles. The Bertz CT molecular complexity index is 252. The molecule has 1 saturated heterocycles. The number of rotatable bonds is 1. The number of nitrogens with one attached hydrogen (secondary N) is 1. The lowest BCUT2D eigenvalue weighted by molar-refractivity contribution is 0.525. The summed E-state index contributed by atoms with van der Waals surface area (Å²) in [5.74, 6) is 0. The summed E-state index contributed by atoms with van der Waals surface area (Å²) < 4.78 is 0. The first-order valence-electron chi connectivity index (χ1n) is 4.57. The number of benzene rings is 1. The van der Waals surface area contributed by atoms with Crippen molar-refractivity contribution >= 4 is 12.4 Å². The van der Waals surface area contributed by atoms with Gasteiger partial charge in [0.1, 0.15) is 0 Å². The van der Waals surface area contributed by atoms with Crippen LogP contribution in [0.1, 0.15) is 18.9 Å². The van der Waals surface area contributed by atoms with E-state index >= 15 is 0 Å². The normalized spacial score (nSPS) is 26.8. The molecule has 0 saturated carbocycles. The van der Waals surface area contributed by atoms with E-state index in [0.29, 0.717) is 5.41 Å². The van der Waals surface area contributed by atoms with E-state index < -0.39 is 0 Å². The highest BCUT2D eigenvalue weighted by molar-refractivity contribution is 5.85. The van der Waals surface area contributed by atoms with Gasteiger partial charge >= 0.3 is 0 Å². The molecule has 1 aromatic rings. The molecular formula is C11H16ClN. The van der Waals surface area contributed by atoms with Crippen molar-refractivity contribution < 1.29 is 0 Å². The minimum atomic E-state index is 0. The van der Waals surface area contributed by atoms with Gasteiger partial charge in [-0.2, -0.15) is 0 Å². The maximum Gasteiger partial charge on any atom is 0.00615 e. The molecule has 0 aromatic heterocycles. The van der Waals surface area contributed by atoms with E-state index in [-0.39, 0.29) is 12.4 Å². The van der Waals surface area contributed by atoms with Gasteiger partial charge in [0.15, 0.2) is 0 Å². The van der Waals surface area contributed by atoms with E-state index in [0.717, 1.165) is 13.1 Å². The quantitative estimate of drug-likeness (QED) is 0.729. The molecule has 1 atom stereocenters. The van der Waals surface area contributed by atoms with Gasteiger partial charge in [-0.1, -0.05) is 37.3 Å². The summed E-state index contributed by atoms with van der Waals surface area (Å²) in [7, 11) is 0. The summed E-state index contributed by atoms with van der Waals surface area (Å²) in [4.78, 5) is 0. The van der Waals surface area contributed by atoms with Gasteiger partial charge in [-0.05, 0) is 18.5 Å². The van der Waals surface area contributed by atoms with Crippen LogP contribution in [0.2, 0.25) is 0 Å². The fraction of sp³-hybridized carbons (Fsp3) is 0.455. The summed E-state index contributed by atoms with van der Waals surface area (Å²) in [5.41, 5.74) is 1.84. The van der Waals surface area contributed by atoms with E-state index in [9.17, 15) is 0 Å². The second kappa shape index (κ2) is 4.12. The molecular weight excluding hydrogens is 182 g/mol. The SMILES string of the molecule is CC1(c2ccccc2)CCNC1.Cl. The van der Waals surface area contributed by atoms with Gasteiger partial charge in [0.05, 0.1) is 0 Å². The monoisotopic (exact) mass is 197 g/mol. The standard InChI is InChI=1S/C11H15N.ClH/c1-11(7-8-12-9-11)10-5-3-2-4-6-10;/h2-6,12H,7-9H2,1H3;1H. The second-order valence-corrected chi connectivity index (χ2v) is 3.85. The molecule has 1 N–H and O–H groups in total. The predicted molar refractivity (Wildman–Crippen MR) is 58.5 cm³/mol. The maximum absolute atomic E-state index is 3.41. The van der Waals surface area contributed by atoms with Gasteiger partial charge in [-0.25, -0.2) is 0 Å². The predicted octanol–water partition coefficient (Wildman–Crippen LogP) is 2.36. The van der Waals surface area contributed by atoms with Crippen LogP contribution in [0.5, 0.6) is 0 Å². The Labute approximate surface area is 86.0 Å². The Morgan fingerprint density at radius 1 is 1.23 bits per heavy atom. The summed E-state index contributed by atoms with van der Waals surface area (Å²) in [6.07, 6.45) is 1.26. The molecule has 2 heteroatoms. The first-order valence-corrected chi connectivity index (χ1v) is 4.57. The minimum Gasteiger partial charge on any atom is -0.316 e. The van der Waals surface area contributed by atoms with Gasteiger partial charge in [0.2, 0.25) is 0 Å². The van der Waals surface area contributed by atoms with Crippen LogP contribution in [0.3, 0.4) is 0 Å². The lowest BCUT2D eigenvalue weighted by Crippen LogP contribution is -2.24. The van der Waals surface area contributed by atoms with Crippen molar-refractivity contribution in [1.29, 1.82) is 0 Å². The Hall–Kier alpha value is -0.530. The van der Waals surface area contributed by atoms with Crippen LogP contribution in [-0.2, 0) is 5.41 Å². The Kier molecular flexibility index (Phi) is 3.34. The van der Waals surface area contributed by atoms with Crippen molar-refractivity contribution in [2.75, 3.05) is 13.1 Å². The largest absolute Gasteiger partial charge is 0.316 e. The van der Waals surface area contributed by atoms with Crippen molar-refractivity contribution in [2.45, 2.75) is 18.8 Å². The van der Waals surface area contributed by atoms with Crippen LogP contribution < -0.4 is 5.32 Å². The van der Waals surface area contributed by atoms with E-state index in [1.165, 1.54) is 12.0 Å². The highest BCUT2D eigenvalue weighted by atomic mass is 35.5. The summed E-state index contributed by atoms with van der Waals surface area (Å²) >= 11 is 0. The molecule has 0 bridgehead atoms. The van der Waals surface area contributed by atoms with E-state index in [1.54, 1.807) is 0 Å². The van der Waals surface area contributed by atoms with Crippen LogP contribution >= 0.6 is 12.4 Å². The van der Waals surface area contributed by atoms with Crippen molar-refractivity contribution in [3.05, 3.63) is 35.9 Å². The Balaban J connectivity index is 0.000000845. The molecule has 2 rings (SSSR count). The van der Waals surface area contributed by atoms with Crippen molar-refractivity contribution in [3.63, 3.8) is 0 Å². The number of hydrogen-bond donors (Lipinski definition) is 1. The first-order chi connectivity index (χ1) is 5.81. The smallest absolute Gasteiger partial charge is 0.00615 e. The lowest BCUT2D eigenvalue weighted by atomic mass is 9.82. The van der Waals surface area contributed by atoms with E-state index in [1.807, 2.05) is 0 Å². The van der Waals surface area contributed by atoms with Crippen molar-refractivity contribution in [1.82, 2.24) is 5.32 Å². The third-order valence-electron chi connectivity index (χ3n) is 2.84. The van der Waals surface area contributed by atoms with Crippen LogP contribution in [-0.4, -0.2) is 13.1 Å². The maximum atomic E-state index is 3.41. The summed E-state index contributed by atoms with van der Waals surface area (Å²) in [5, 5.41) is 3.41. The van der Waals surface area contributed by atoms with E-state index in [2.05, 4.69) is 42.6 Å². The zero-order valence-corrected chi connectivity index (χ0v) is 8.73. The van der Waals surface area contributed by atoms with Crippen LogP contribution in [0.25, 0.3) is 0 Å². The zero-order valence-electron chi connectivity index (χ0n) is 7.92. The van der Waals surface area contributed by atoms with Crippen LogP contribution in [0.15, 0.2) is 30.3 Å². The molecule has 72 valence electrons. The fourth-order valence-corrected chi connectivity index (χ4v) is 1.90. The third kappa shape index (κ3) is 2.04. The second-order valence-electron chi connectivity index (χ2n) is 3.85. The van der Waals surface area contributed by atoms with Crippen molar-refractivity contribution in [2.24, 2.45) is 0 Å². The summed E-state index contributed by atoms with van der Waals surface area (Å²) in [6, 6.07) is 10.8. The van der Waals surface area contributed by atoms with E-state index in [4.69, 9.17) is 0 Å².